The third-order valence-corrected chi connectivity index (χ3v) is 8.54. The Morgan fingerprint density at radius 2 is 0.944 bits per heavy atom. The molecule has 0 aliphatic rings. The van der Waals surface area contributed by atoms with Gasteiger partial charge in [0, 0.05) is 0 Å². The molecule has 106 valence electrons. The van der Waals surface area contributed by atoms with E-state index in [2.05, 4.69) is 0 Å². The van der Waals surface area contributed by atoms with Gasteiger partial charge in [-0.15, -0.1) is 0 Å². The van der Waals surface area contributed by atoms with E-state index >= 15 is 0 Å². The number of carbonyl (C=O) groups is 2. The molecule has 0 atom stereocenters. The molecule has 4 heteroatoms. The summed E-state index contributed by atoms with van der Waals surface area (Å²) in [6, 6.07) is 0. The van der Waals surface area contributed by atoms with Gasteiger partial charge in [0.05, 0.1) is 9.49 Å². The van der Waals surface area contributed by atoms with Gasteiger partial charge in [-0.2, -0.15) is 0 Å². The molecule has 0 radical (unpaired) electrons. The Labute approximate surface area is 119 Å². The largest absolute Gasteiger partial charge is 0.298 e. The maximum atomic E-state index is 11.9. The molecule has 0 fully saturated rings. The van der Waals surface area contributed by atoms with E-state index in [0.717, 1.165) is 25.7 Å². The number of ketones is 2. The van der Waals surface area contributed by atoms with Gasteiger partial charge in [0.2, 0.25) is 0 Å². The minimum Gasteiger partial charge on any atom is -0.298 e. The van der Waals surface area contributed by atoms with Crippen molar-refractivity contribution in [3.8, 4) is 0 Å². The van der Waals surface area contributed by atoms with Crippen LogP contribution in [-0.2, 0) is 9.59 Å². The molecule has 0 heterocycles. The van der Waals surface area contributed by atoms with Crippen molar-refractivity contribution in [1.82, 2.24) is 0 Å². The third kappa shape index (κ3) is 3.77. The van der Waals surface area contributed by atoms with Crippen molar-refractivity contribution in [1.29, 1.82) is 0 Å². The highest BCUT2D eigenvalue weighted by atomic mass is 33.1. The van der Waals surface area contributed by atoms with Crippen molar-refractivity contribution in [3.63, 3.8) is 0 Å². The summed E-state index contributed by atoms with van der Waals surface area (Å²) in [7, 11) is 3.22. The molecule has 0 spiro atoms. The Kier molecular flexibility index (Phi) is 7.60. The Bertz CT molecular complexity index is 262. The van der Waals surface area contributed by atoms with Crippen molar-refractivity contribution in [2.24, 2.45) is 0 Å². The molecule has 0 unspecified atom stereocenters. The zero-order valence-corrected chi connectivity index (χ0v) is 14.1. The molecule has 0 aromatic carbocycles. The Hall–Kier alpha value is 0.0400. The number of hydrogen-bond acceptors (Lipinski definition) is 4. The molecular formula is C14H26O2S2. The first kappa shape index (κ1) is 18.0. The highest BCUT2D eigenvalue weighted by Gasteiger charge is 2.39. The second-order valence-corrected chi connectivity index (χ2v) is 7.58. The third-order valence-electron chi connectivity index (χ3n) is 3.93. The number of Topliss-reactive ketones (excluding diaryl/α,β-unsaturated/α-hetero) is 2. The molecule has 18 heavy (non-hydrogen) atoms. The summed E-state index contributed by atoms with van der Waals surface area (Å²) in [5.74, 6) is 0.435. The fourth-order valence-electron chi connectivity index (χ4n) is 2.01. The zero-order chi connectivity index (χ0) is 14.4. The van der Waals surface area contributed by atoms with Crippen LogP contribution in [0.5, 0.6) is 0 Å². The summed E-state index contributed by atoms with van der Waals surface area (Å²) >= 11 is 0. The van der Waals surface area contributed by atoms with Gasteiger partial charge in [-0.1, -0.05) is 49.3 Å². The van der Waals surface area contributed by atoms with Crippen LogP contribution in [0.3, 0.4) is 0 Å². The Morgan fingerprint density at radius 1 is 0.722 bits per heavy atom. The average Bonchev–Trinajstić information content (AvgIpc) is 2.35. The van der Waals surface area contributed by atoms with Gasteiger partial charge in [0.1, 0.15) is 11.6 Å². The standard InChI is InChI=1S/C14H26O2S2/c1-7-13(8-2,11(5)15)17-18-14(9-3,10-4)12(6)16/h7-10H2,1-6H3. The molecule has 0 amide bonds. The van der Waals surface area contributed by atoms with Gasteiger partial charge in [-0.05, 0) is 39.5 Å². The lowest BCUT2D eigenvalue weighted by atomic mass is 9.98. The topological polar surface area (TPSA) is 34.1 Å². The molecule has 2 nitrogen and oxygen atoms in total. The van der Waals surface area contributed by atoms with Gasteiger partial charge in [-0.3, -0.25) is 9.59 Å². The molecule has 0 aliphatic heterocycles. The first-order chi connectivity index (χ1) is 8.34. The van der Waals surface area contributed by atoms with Crippen molar-refractivity contribution in [2.45, 2.75) is 76.7 Å². The Balaban J connectivity index is 4.99. The molecule has 0 aromatic heterocycles. The van der Waals surface area contributed by atoms with E-state index in [1.54, 1.807) is 35.4 Å². The number of carbonyl (C=O) groups excluding carboxylic acids is 2. The van der Waals surface area contributed by atoms with Crippen LogP contribution in [0.4, 0.5) is 0 Å². The van der Waals surface area contributed by atoms with Crippen LogP contribution in [0.25, 0.3) is 0 Å². The van der Waals surface area contributed by atoms with Gasteiger partial charge in [0.25, 0.3) is 0 Å². The van der Waals surface area contributed by atoms with Crippen LogP contribution < -0.4 is 0 Å². The number of hydrogen-bond donors (Lipinski definition) is 0. The van der Waals surface area contributed by atoms with Crippen LogP contribution >= 0.6 is 21.6 Å². The summed E-state index contributed by atoms with van der Waals surface area (Å²) < 4.78 is -0.675. The summed E-state index contributed by atoms with van der Waals surface area (Å²) in [5.41, 5.74) is 0. The predicted octanol–water partition coefficient (Wildman–Crippen LogP) is 4.66. The maximum Gasteiger partial charge on any atom is 0.146 e. The smallest absolute Gasteiger partial charge is 0.146 e. The SMILES string of the molecule is CCC(CC)(SSC(CC)(CC)C(C)=O)C(C)=O. The van der Waals surface area contributed by atoms with Gasteiger partial charge in [0.15, 0.2) is 0 Å². The minimum atomic E-state index is -0.338. The van der Waals surface area contributed by atoms with Crippen molar-refractivity contribution < 1.29 is 9.59 Å². The molecule has 0 saturated heterocycles. The number of rotatable bonds is 9. The van der Waals surface area contributed by atoms with E-state index in [-0.39, 0.29) is 21.1 Å². The average molecular weight is 290 g/mol. The Morgan fingerprint density at radius 3 is 1.06 bits per heavy atom. The quantitative estimate of drug-likeness (QED) is 0.578. The molecule has 0 aromatic rings. The van der Waals surface area contributed by atoms with Gasteiger partial charge < -0.3 is 0 Å². The second-order valence-electron chi connectivity index (χ2n) is 4.68. The fraction of sp³-hybridized carbons (Fsp3) is 0.857. The molecule has 0 saturated carbocycles. The summed E-state index contributed by atoms with van der Waals surface area (Å²) in [6.07, 6.45) is 3.27. The highest BCUT2D eigenvalue weighted by molar-refractivity contribution is 8.78. The van der Waals surface area contributed by atoms with E-state index < -0.39 is 0 Å². The van der Waals surface area contributed by atoms with Crippen molar-refractivity contribution >= 4 is 33.2 Å². The lowest BCUT2D eigenvalue weighted by Crippen LogP contribution is -2.35. The van der Waals surface area contributed by atoms with E-state index in [1.807, 2.05) is 27.7 Å². The van der Waals surface area contributed by atoms with Crippen LogP contribution in [0, 0.1) is 0 Å². The van der Waals surface area contributed by atoms with E-state index in [9.17, 15) is 9.59 Å². The maximum absolute atomic E-state index is 11.9. The van der Waals surface area contributed by atoms with Crippen molar-refractivity contribution in [2.75, 3.05) is 0 Å². The van der Waals surface area contributed by atoms with Crippen LogP contribution in [-0.4, -0.2) is 21.1 Å². The van der Waals surface area contributed by atoms with Crippen LogP contribution in [0.1, 0.15) is 67.2 Å². The predicted molar refractivity (Wildman–Crippen MR) is 83.2 cm³/mol. The van der Waals surface area contributed by atoms with Crippen LogP contribution in [0.2, 0.25) is 0 Å². The lowest BCUT2D eigenvalue weighted by molar-refractivity contribution is -0.120. The molecule has 0 N–H and O–H groups in total. The van der Waals surface area contributed by atoms with Gasteiger partial charge in [-0.25, -0.2) is 0 Å². The van der Waals surface area contributed by atoms with Crippen molar-refractivity contribution in [3.05, 3.63) is 0 Å². The molecule has 0 aliphatic carbocycles. The van der Waals surface area contributed by atoms with E-state index in [0.29, 0.717) is 0 Å². The molecule has 0 rings (SSSR count). The van der Waals surface area contributed by atoms with E-state index in [1.165, 1.54) is 0 Å². The normalized spacial score (nSPS) is 12.6. The van der Waals surface area contributed by atoms with Crippen LogP contribution in [0.15, 0.2) is 0 Å². The lowest BCUT2D eigenvalue weighted by Gasteiger charge is -2.34. The molecule has 0 bridgehead atoms. The second kappa shape index (κ2) is 7.59. The zero-order valence-electron chi connectivity index (χ0n) is 12.5. The molecular weight excluding hydrogens is 264 g/mol. The summed E-state index contributed by atoms with van der Waals surface area (Å²) in [4.78, 5) is 23.7. The van der Waals surface area contributed by atoms with E-state index in [4.69, 9.17) is 0 Å². The fourth-order valence-corrected chi connectivity index (χ4v) is 6.11. The highest BCUT2D eigenvalue weighted by Crippen LogP contribution is 2.50. The first-order valence-corrected chi connectivity index (χ1v) is 8.88. The summed E-state index contributed by atoms with van der Waals surface area (Å²) in [6.45, 7) is 11.5. The minimum absolute atomic E-state index is 0.217. The summed E-state index contributed by atoms with van der Waals surface area (Å²) in [5, 5.41) is 0. The van der Waals surface area contributed by atoms with Gasteiger partial charge >= 0.3 is 0 Å². The first-order valence-electron chi connectivity index (χ1n) is 6.73. The monoisotopic (exact) mass is 290 g/mol.